The third kappa shape index (κ3) is 8.23. The van der Waals surface area contributed by atoms with Crippen LogP contribution in [0.25, 0.3) is 0 Å². The van der Waals surface area contributed by atoms with Gasteiger partial charge in [0.2, 0.25) is 11.8 Å². The van der Waals surface area contributed by atoms with E-state index in [4.69, 9.17) is 21.1 Å². The number of hydrogen-bond acceptors (Lipinski definition) is 4. The molecule has 0 heterocycles. The highest BCUT2D eigenvalue weighted by atomic mass is 35.5. The standard InChI is InChI=1S/C24H31ClN2O4/c1-4-31-15-5-14-26-24(29)18(2)27(17-20-8-12-22(30-3)13-9-20)23(28)16-19-6-10-21(25)11-7-19/h6-13,18H,4-5,14-17H2,1-3H3,(H,26,29)/t18-/m1/s1. The zero-order valence-corrected chi connectivity index (χ0v) is 19.2. The molecule has 1 atom stereocenters. The van der Waals surface area contributed by atoms with Crippen LogP contribution >= 0.6 is 11.6 Å². The quantitative estimate of drug-likeness (QED) is 0.503. The second kappa shape index (κ2) is 13.0. The maximum atomic E-state index is 13.2. The number of benzene rings is 2. The van der Waals surface area contributed by atoms with Gasteiger partial charge in [-0.1, -0.05) is 35.9 Å². The Morgan fingerprint density at radius 1 is 1.06 bits per heavy atom. The molecule has 2 amide bonds. The molecule has 6 nitrogen and oxygen atoms in total. The van der Waals surface area contributed by atoms with Crippen LogP contribution in [0.4, 0.5) is 0 Å². The van der Waals surface area contributed by atoms with E-state index in [0.717, 1.165) is 23.3 Å². The number of halogens is 1. The summed E-state index contributed by atoms with van der Waals surface area (Å²) in [6, 6.07) is 14.0. The molecule has 7 heteroatoms. The fourth-order valence-corrected chi connectivity index (χ4v) is 3.19. The Labute approximate surface area is 189 Å². The zero-order chi connectivity index (χ0) is 22.6. The highest BCUT2D eigenvalue weighted by Gasteiger charge is 2.26. The molecule has 0 saturated carbocycles. The Balaban J connectivity index is 2.10. The van der Waals surface area contributed by atoms with Gasteiger partial charge >= 0.3 is 0 Å². The molecule has 0 fully saturated rings. The molecule has 0 saturated heterocycles. The second-order valence-electron chi connectivity index (χ2n) is 7.19. The molecule has 168 valence electrons. The lowest BCUT2D eigenvalue weighted by Crippen LogP contribution is -2.48. The van der Waals surface area contributed by atoms with E-state index in [1.807, 2.05) is 43.3 Å². The number of hydrogen-bond donors (Lipinski definition) is 1. The van der Waals surface area contributed by atoms with E-state index in [-0.39, 0.29) is 18.2 Å². The van der Waals surface area contributed by atoms with Crippen LogP contribution in [0.5, 0.6) is 5.75 Å². The smallest absolute Gasteiger partial charge is 0.242 e. The van der Waals surface area contributed by atoms with Crippen molar-refractivity contribution >= 4 is 23.4 Å². The van der Waals surface area contributed by atoms with Gasteiger partial charge in [-0.05, 0) is 55.7 Å². The number of methoxy groups -OCH3 is 1. The molecule has 2 aromatic rings. The third-order valence-corrected chi connectivity index (χ3v) is 5.17. The highest BCUT2D eigenvalue weighted by molar-refractivity contribution is 6.30. The summed E-state index contributed by atoms with van der Waals surface area (Å²) >= 11 is 5.95. The van der Waals surface area contributed by atoms with E-state index in [9.17, 15) is 9.59 Å². The summed E-state index contributed by atoms with van der Waals surface area (Å²) in [4.78, 5) is 27.5. The predicted octanol–water partition coefficient (Wildman–Crippen LogP) is 3.85. The first-order chi connectivity index (χ1) is 14.9. The third-order valence-electron chi connectivity index (χ3n) is 4.92. The molecule has 31 heavy (non-hydrogen) atoms. The van der Waals surface area contributed by atoms with Crippen molar-refractivity contribution in [2.24, 2.45) is 0 Å². The number of ether oxygens (including phenoxy) is 2. The van der Waals surface area contributed by atoms with Crippen LogP contribution < -0.4 is 10.1 Å². The summed E-state index contributed by atoms with van der Waals surface area (Å²) in [5, 5.41) is 3.52. The monoisotopic (exact) mass is 446 g/mol. The average molecular weight is 447 g/mol. The molecule has 2 rings (SSSR count). The summed E-state index contributed by atoms with van der Waals surface area (Å²) in [7, 11) is 1.61. The lowest BCUT2D eigenvalue weighted by atomic mass is 10.1. The van der Waals surface area contributed by atoms with Crippen molar-refractivity contribution in [2.75, 3.05) is 26.9 Å². The predicted molar refractivity (Wildman–Crippen MR) is 122 cm³/mol. The normalized spacial score (nSPS) is 11.6. The van der Waals surface area contributed by atoms with Gasteiger partial charge in [-0.3, -0.25) is 9.59 Å². The van der Waals surface area contributed by atoms with Crippen LogP contribution in [0.15, 0.2) is 48.5 Å². The van der Waals surface area contributed by atoms with Gasteiger partial charge in [0.05, 0.1) is 13.5 Å². The molecule has 2 aromatic carbocycles. The van der Waals surface area contributed by atoms with Gasteiger partial charge in [-0.2, -0.15) is 0 Å². The number of nitrogens with one attached hydrogen (secondary N) is 1. The van der Waals surface area contributed by atoms with Crippen LogP contribution in [0, 0.1) is 0 Å². The van der Waals surface area contributed by atoms with Crippen molar-refractivity contribution < 1.29 is 19.1 Å². The van der Waals surface area contributed by atoms with E-state index >= 15 is 0 Å². The van der Waals surface area contributed by atoms with Crippen molar-refractivity contribution in [2.45, 2.75) is 39.3 Å². The molecular formula is C24H31ClN2O4. The van der Waals surface area contributed by atoms with Crippen LogP contribution in [-0.2, 0) is 27.3 Å². The first-order valence-electron chi connectivity index (χ1n) is 10.5. The Morgan fingerprint density at radius 2 is 1.71 bits per heavy atom. The second-order valence-corrected chi connectivity index (χ2v) is 7.63. The summed E-state index contributed by atoms with van der Waals surface area (Å²) < 4.78 is 10.5. The number of rotatable bonds is 12. The van der Waals surface area contributed by atoms with Gasteiger partial charge in [-0.15, -0.1) is 0 Å². The number of nitrogens with zero attached hydrogens (tertiary/aromatic N) is 1. The maximum absolute atomic E-state index is 13.2. The van der Waals surface area contributed by atoms with Crippen molar-refractivity contribution in [1.82, 2.24) is 10.2 Å². The van der Waals surface area contributed by atoms with E-state index < -0.39 is 6.04 Å². The molecule has 0 aromatic heterocycles. The Kier molecular flexibility index (Phi) is 10.3. The van der Waals surface area contributed by atoms with Crippen molar-refractivity contribution in [3.63, 3.8) is 0 Å². The molecule has 1 N–H and O–H groups in total. The summed E-state index contributed by atoms with van der Waals surface area (Å²) in [6.07, 6.45) is 0.915. The minimum atomic E-state index is -0.617. The fraction of sp³-hybridized carbons (Fsp3) is 0.417. The van der Waals surface area contributed by atoms with Crippen LogP contribution in [0.1, 0.15) is 31.4 Å². The van der Waals surface area contributed by atoms with E-state index in [0.29, 0.717) is 31.3 Å². The zero-order valence-electron chi connectivity index (χ0n) is 18.4. The summed E-state index contributed by atoms with van der Waals surface area (Å²) in [5.41, 5.74) is 1.76. The van der Waals surface area contributed by atoms with Gasteiger partial charge in [0, 0.05) is 31.3 Å². The molecule has 0 aliphatic rings. The summed E-state index contributed by atoms with van der Waals surface area (Å²) in [5.74, 6) is 0.424. The van der Waals surface area contributed by atoms with Crippen molar-refractivity contribution in [1.29, 1.82) is 0 Å². The lowest BCUT2D eigenvalue weighted by Gasteiger charge is -2.29. The molecule has 0 bridgehead atoms. The van der Waals surface area contributed by atoms with E-state index in [2.05, 4.69) is 5.32 Å². The summed E-state index contributed by atoms with van der Waals surface area (Å²) in [6.45, 7) is 5.76. The Morgan fingerprint density at radius 3 is 2.32 bits per heavy atom. The topological polar surface area (TPSA) is 67.9 Å². The SMILES string of the molecule is CCOCCCNC(=O)[C@@H](C)N(Cc1ccc(OC)cc1)C(=O)Cc1ccc(Cl)cc1. The van der Waals surface area contributed by atoms with E-state index in [1.54, 1.807) is 31.1 Å². The molecule has 0 radical (unpaired) electrons. The first kappa shape index (κ1) is 24.7. The minimum Gasteiger partial charge on any atom is -0.497 e. The number of amides is 2. The molecule has 0 spiro atoms. The minimum absolute atomic E-state index is 0.130. The molecule has 0 unspecified atom stereocenters. The van der Waals surface area contributed by atoms with Gasteiger partial charge in [-0.25, -0.2) is 0 Å². The maximum Gasteiger partial charge on any atom is 0.242 e. The molecule has 0 aliphatic heterocycles. The largest absolute Gasteiger partial charge is 0.497 e. The Hall–Kier alpha value is -2.57. The van der Waals surface area contributed by atoms with E-state index in [1.165, 1.54) is 0 Å². The molecular weight excluding hydrogens is 416 g/mol. The number of carbonyl (C=O) groups excluding carboxylic acids is 2. The van der Waals surface area contributed by atoms with Crippen LogP contribution in [0.2, 0.25) is 5.02 Å². The van der Waals surface area contributed by atoms with Crippen LogP contribution in [0.3, 0.4) is 0 Å². The van der Waals surface area contributed by atoms with Crippen LogP contribution in [-0.4, -0.2) is 49.6 Å². The van der Waals surface area contributed by atoms with Gasteiger partial charge in [0.1, 0.15) is 11.8 Å². The van der Waals surface area contributed by atoms with Gasteiger partial charge < -0.3 is 19.7 Å². The van der Waals surface area contributed by atoms with Gasteiger partial charge in [0.15, 0.2) is 0 Å². The molecule has 0 aliphatic carbocycles. The number of carbonyl (C=O) groups is 2. The fourth-order valence-electron chi connectivity index (χ4n) is 3.07. The van der Waals surface area contributed by atoms with Gasteiger partial charge in [0.25, 0.3) is 0 Å². The first-order valence-corrected chi connectivity index (χ1v) is 10.8. The van der Waals surface area contributed by atoms with Crippen molar-refractivity contribution in [3.8, 4) is 5.75 Å². The van der Waals surface area contributed by atoms with Crippen molar-refractivity contribution in [3.05, 3.63) is 64.7 Å². The Bertz CT molecular complexity index is 824. The average Bonchev–Trinajstić information content (AvgIpc) is 2.78. The lowest BCUT2D eigenvalue weighted by molar-refractivity contribution is -0.140. The highest BCUT2D eigenvalue weighted by Crippen LogP contribution is 2.17.